The zero-order valence-electron chi connectivity index (χ0n) is 10.9. The molecule has 1 aromatic heterocycles. The second-order valence-electron chi connectivity index (χ2n) is 4.62. The number of hydrogen-bond donors (Lipinski definition) is 0. The van der Waals surface area contributed by atoms with Crippen molar-refractivity contribution in [3.05, 3.63) is 65.1 Å². The third-order valence-electron chi connectivity index (χ3n) is 3.29. The van der Waals surface area contributed by atoms with Crippen LogP contribution in [0.5, 0.6) is 5.75 Å². The number of hydrogen-bond acceptors (Lipinski definition) is 1. The predicted molar refractivity (Wildman–Crippen MR) is 78.7 cm³/mol. The van der Waals surface area contributed by atoms with Crippen molar-refractivity contribution in [2.75, 3.05) is 0 Å². The monoisotopic (exact) mass is 289 g/mol. The summed E-state index contributed by atoms with van der Waals surface area (Å²) in [5.74, 6) is 0.474. The first-order valence-electron chi connectivity index (χ1n) is 6.26. The number of halogens is 2. The topological polar surface area (TPSA) is 14.2 Å². The smallest absolute Gasteiger partial charge is 0.147 e. The Balaban J connectivity index is 1.88. The third-order valence-corrected chi connectivity index (χ3v) is 3.52. The van der Waals surface area contributed by atoms with Crippen LogP contribution in [-0.4, -0.2) is 4.57 Å². The second kappa shape index (κ2) is 5.17. The van der Waals surface area contributed by atoms with E-state index in [1.165, 1.54) is 6.07 Å². The lowest BCUT2D eigenvalue weighted by atomic mass is 10.2. The van der Waals surface area contributed by atoms with Gasteiger partial charge < -0.3 is 9.30 Å². The summed E-state index contributed by atoms with van der Waals surface area (Å²) in [6.07, 6.45) is 0. The van der Waals surface area contributed by atoms with Gasteiger partial charge in [0.2, 0.25) is 0 Å². The van der Waals surface area contributed by atoms with Crippen molar-refractivity contribution in [1.29, 1.82) is 0 Å². The standard InChI is InChI=1S/C16H13ClFNO/c1-19-13(8-11-4-2-7-15(18)16(11)19)10-20-14-6-3-5-12(17)9-14/h2-9H,10H2,1H3. The molecule has 0 fully saturated rings. The maximum absolute atomic E-state index is 13.8. The molecule has 0 atom stereocenters. The molecule has 20 heavy (non-hydrogen) atoms. The van der Waals surface area contributed by atoms with Crippen molar-refractivity contribution in [2.24, 2.45) is 7.05 Å². The Kier molecular flexibility index (Phi) is 3.36. The Bertz CT molecular complexity index is 766. The number of aryl methyl sites for hydroxylation is 1. The van der Waals surface area contributed by atoms with Crippen LogP contribution in [0, 0.1) is 5.82 Å². The van der Waals surface area contributed by atoms with Crippen LogP contribution in [0.2, 0.25) is 5.02 Å². The molecule has 0 radical (unpaired) electrons. The van der Waals surface area contributed by atoms with E-state index in [0.717, 1.165) is 11.1 Å². The van der Waals surface area contributed by atoms with Gasteiger partial charge in [0, 0.05) is 17.5 Å². The highest BCUT2D eigenvalue weighted by Gasteiger charge is 2.10. The zero-order valence-corrected chi connectivity index (χ0v) is 11.7. The van der Waals surface area contributed by atoms with Gasteiger partial charge in [0.15, 0.2) is 0 Å². The van der Waals surface area contributed by atoms with Crippen molar-refractivity contribution in [2.45, 2.75) is 6.61 Å². The van der Waals surface area contributed by atoms with Crippen LogP contribution < -0.4 is 4.74 Å². The quantitative estimate of drug-likeness (QED) is 0.690. The molecule has 102 valence electrons. The van der Waals surface area contributed by atoms with Crippen LogP contribution in [0.15, 0.2) is 48.5 Å². The number of fused-ring (bicyclic) bond motifs is 1. The molecule has 0 saturated heterocycles. The van der Waals surface area contributed by atoms with Gasteiger partial charge in [0.1, 0.15) is 18.2 Å². The zero-order chi connectivity index (χ0) is 14.1. The molecular weight excluding hydrogens is 277 g/mol. The average Bonchev–Trinajstić information content (AvgIpc) is 2.75. The van der Waals surface area contributed by atoms with Crippen LogP contribution in [0.4, 0.5) is 4.39 Å². The van der Waals surface area contributed by atoms with E-state index < -0.39 is 0 Å². The molecule has 2 aromatic carbocycles. The van der Waals surface area contributed by atoms with Crippen molar-refractivity contribution in [3.63, 3.8) is 0 Å². The Morgan fingerprint density at radius 1 is 1.15 bits per heavy atom. The van der Waals surface area contributed by atoms with Gasteiger partial charge in [-0.3, -0.25) is 0 Å². The molecule has 3 aromatic rings. The molecule has 0 unspecified atom stereocenters. The van der Waals surface area contributed by atoms with Gasteiger partial charge >= 0.3 is 0 Å². The number of aromatic nitrogens is 1. The van der Waals surface area contributed by atoms with Crippen LogP contribution >= 0.6 is 11.6 Å². The minimum atomic E-state index is -0.223. The van der Waals surface area contributed by atoms with Gasteiger partial charge in [-0.05, 0) is 30.3 Å². The lowest BCUT2D eigenvalue weighted by molar-refractivity contribution is 0.297. The van der Waals surface area contributed by atoms with Crippen molar-refractivity contribution >= 4 is 22.5 Å². The Hall–Kier alpha value is -2.00. The van der Waals surface area contributed by atoms with E-state index in [2.05, 4.69) is 0 Å². The number of para-hydroxylation sites is 1. The number of ether oxygens (including phenoxy) is 1. The highest BCUT2D eigenvalue weighted by Crippen LogP contribution is 2.23. The molecule has 4 heteroatoms. The lowest BCUT2D eigenvalue weighted by Crippen LogP contribution is -2.02. The first-order valence-corrected chi connectivity index (χ1v) is 6.64. The van der Waals surface area contributed by atoms with Crippen LogP contribution in [0.3, 0.4) is 0 Å². The molecule has 0 aliphatic heterocycles. The molecule has 0 saturated carbocycles. The average molecular weight is 290 g/mol. The molecule has 0 aliphatic carbocycles. The first-order chi connectivity index (χ1) is 9.65. The summed E-state index contributed by atoms with van der Waals surface area (Å²) in [5, 5.41) is 1.50. The van der Waals surface area contributed by atoms with E-state index >= 15 is 0 Å². The molecule has 2 nitrogen and oxygen atoms in total. The summed E-state index contributed by atoms with van der Waals surface area (Å²) in [7, 11) is 1.84. The summed E-state index contributed by atoms with van der Waals surface area (Å²) >= 11 is 5.91. The van der Waals surface area contributed by atoms with Crippen molar-refractivity contribution < 1.29 is 9.13 Å². The number of nitrogens with zero attached hydrogens (tertiary/aromatic N) is 1. The summed E-state index contributed by atoms with van der Waals surface area (Å²) < 4.78 is 21.3. The molecule has 0 bridgehead atoms. The van der Waals surface area contributed by atoms with Crippen LogP contribution in [0.1, 0.15) is 5.69 Å². The highest BCUT2D eigenvalue weighted by molar-refractivity contribution is 6.30. The number of benzene rings is 2. The van der Waals surface area contributed by atoms with Gasteiger partial charge in [-0.1, -0.05) is 29.8 Å². The van der Waals surface area contributed by atoms with E-state index in [1.54, 1.807) is 18.2 Å². The molecule has 0 aliphatic rings. The maximum atomic E-state index is 13.8. The van der Waals surface area contributed by atoms with Gasteiger partial charge in [0.05, 0.1) is 11.2 Å². The van der Waals surface area contributed by atoms with Gasteiger partial charge in [-0.2, -0.15) is 0 Å². The van der Waals surface area contributed by atoms with Gasteiger partial charge in [-0.25, -0.2) is 4.39 Å². The van der Waals surface area contributed by atoms with E-state index in [1.807, 2.05) is 35.9 Å². The summed E-state index contributed by atoms with van der Waals surface area (Å²) in [6.45, 7) is 0.366. The molecular formula is C16H13ClFNO. The Morgan fingerprint density at radius 2 is 1.95 bits per heavy atom. The van der Waals surface area contributed by atoms with Crippen molar-refractivity contribution in [3.8, 4) is 5.75 Å². The lowest BCUT2D eigenvalue weighted by Gasteiger charge is -2.08. The largest absolute Gasteiger partial charge is 0.487 e. The SMILES string of the molecule is Cn1c(COc2cccc(Cl)c2)cc2cccc(F)c21. The Morgan fingerprint density at radius 3 is 2.70 bits per heavy atom. The molecule has 1 heterocycles. The normalized spacial score (nSPS) is 10.9. The summed E-state index contributed by atoms with van der Waals surface area (Å²) in [5.41, 5.74) is 1.50. The van der Waals surface area contributed by atoms with Crippen LogP contribution in [-0.2, 0) is 13.7 Å². The minimum absolute atomic E-state index is 0.223. The predicted octanol–water partition coefficient (Wildman–Crippen LogP) is 4.55. The maximum Gasteiger partial charge on any atom is 0.147 e. The molecule has 0 amide bonds. The summed E-state index contributed by atoms with van der Waals surface area (Å²) in [6, 6.07) is 14.2. The Labute approximate surface area is 121 Å². The second-order valence-corrected chi connectivity index (χ2v) is 5.05. The fourth-order valence-electron chi connectivity index (χ4n) is 2.27. The minimum Gasteiger partial charge on any atom is -0.487 e. The third kappa shape index (κ3) is 2.37. The summed E-state index contributed by atoms with van der Waals surface area (Å²) in [4.78, 5) is 0. The van der Waals surface area contributed by atoms with Gasteiger partial charge in [-0.15, -0.1) is 0 Å². The number of rotatable bonds is 3. The van der Waals surface area contributed by atoms with Crippen LogP contribution in [0.25, 0.3) is 10.9 Å². The van der Waals surface area contributed by atoms with E-state index in [0.29, 0.717) is 22.9 Å². The molecule has 0 N–H and O–H groups in total. The van der Waals surface area contributed by atoms with Gasteiger partial charge in [0.25, 0.3) is 0 Å². The van der Waals surface area contributed by atoms with E-state index in [9.17, 15) is 4.39 Å². The van der Waals surface area contributed by atoms with Crippen molar-refractivity contribution in [1.82, 2.24) is 4.57 Å². The van der Waals surface area contributed by atoms with E-state index in [-0.39, 0.29) is 5.82 Å². The highest BCUT2D eigenvalue weighted by atomic mass is 35.5. The molecule has 3 rings (SSSR count). The fraction of sp³-hybridized carbons (Fsp3) is 0.125. The van der Waals surface area contributed by atoms with E-state index in [4.69, 9.17) is 16.3 Å². The first kappa shape index (κ1) is 13.0. The fourth-order valence-corrected chi connectivity index (χ4v) is 2.46. The molecule has 0 spiro atoms.